The largest absolute Gasteiger partial charge is 0.488 e. The minimum Gasteiger partial charge on any atom is -0.488 e. The minimum atomic E-state index is -0.482. The van der Waals surface area contributed by atoms with Crippen molar-refractivity contribution in [3.63, 3.8) is 0 Å². The molecule has 4 heteroatoms. The first-order chi connectivity index (χ1) is 11.4. The molecule has 3 rings (SSSR count). The Morgan fingerprint density at radius 1 is 1.25 bits per heavy atom. The van der Waals surface area contributed by atoms with Gasteiger partial charge in [0.25, 0.3) is 0 Å². The van der Waals surface area contributed by atoms with Gasteiger partial charge in [0.05, 0.1) is 13.1 Å². The van der Waals surface area contributed by atoms with Gasteiger partial charge in [-0.3, -0.25) is 0 Å². The van der Waals surface area contributed by atoms with Crippen LogP contribution >= 0.6 is 0 Å². The zero-order chi connectivity index (χ0) is 17.3. The predicted molar refractivity (Wildman–Crippen MR) is 94.4 cm³/mol. The number of carbonyl (C=O) groups is 1. The van der Waals surface area contributed by atoms with E-state index in [9.17, 15) is 4.79 Å². The van der Waals surface area contributed by atoms with Crippen LogP contribution in [0.2, 0.25) is 0 Å². The second kappa shape index (κ2) is 6.66. The lowest BCUT2D eigenvalue weighted by Crippen LogP contribution is -2.40. The quantitative estimate of drug-likeness (QED) is 0.762. The molecule has 1 heterocycles. The van der Waals surface area contributed by atoms with E-state index in [-0.39, 0.29) is 12.2 Å². The number of nitrogens with zero attached hydrogens (tertiary/aromatic N) is 1. The summed E-state index contributed by atoms with van der Waals surface area (Å²) in [5, 5.41) is 0. The van der Waals surface area contributed by atoms with Crippen LogP contribution in [-0.4, -0.2) is 29.2 Å². The Labute approximate surface area is 145 Å². The number of benzene rings is 1. The number of amides is 1. The monoisotopic (exact) mass is 331 g/mol. The van der Waals surface area contributed by atoms with E-state index in [4.69, 9.17) is 9.47 Å². The van der Waals surface area contributed by atoms with Crippen molar-refractivity contribution in [2.75, 3.05) is 6.54 Å². The molecule has 4 nitrogen and oxygen atoms in total. The minimum absolute atomic E-state index is 0.0206. The van der Waals surface area contributed by atoms with Gasteiger partial charge in [0.1, 0.15) is 17.5 Å². The summed E-state index contributed by atoms with van der Waals surface area (Å²) in [5.74, 6) is 1.03. The average molecular weight is 331 g/mol. The van der Waals surface area contributed by atoms with Crippen LogP contribution in [0.15, 0.2) is 12.1 Å². The SMILES string of the molecule is CC[C@@H]1CN(C(=O)OC(C)(C)C)Cc2ccc3c(c2O1)CCCC3. The zero-order valence-corrected chi connectivity index (χ0v) is 15.4. The topological polar surface area (TPSA) is 38.8 Å². The first kappa shape index (κ1) is 17.1. The molecule has 1 aromatic rings. The molecule has 24 heavy (non-hydrogen) atoms. The van der Waals surface area contributed by atoms with Gasteiger partial charge in [-0.05, 0) is 64.0 Å². The van der Waals surface area contributed by atoms with Gasteiger partial charge in [0.2, 0.25) is 0 Å². The first-order valence-corrected chi connectivity index (χ1v) is 9.15. The zero-order valence-electron chi connectivity index (χ0n) is 15.4. The number of carbonyl (C=O) groups excluding carboxylic acids is 1. The highest BCUT2D eigenvalue weighted by molar-refractivity contribution is 5.68. The van der Waals surface area contributed by atoms with Crippen molar-refractivity contribution >= 4 is 6.09 Å². The Morgan fingerprint density at radius 3 is 2.67 bits per heavy atom. The van der Waals surface area contributed by atoms with E-state index in [0.29, 0.717) is 13.1 Å². The lowest BCUT2D eigenvalue weighted by molar-refractivity contribution is 0.0177. The van der Waals surface area contributed by atoms with E-state index in [1.807, 2.05) is 20.8 Å². The Morgan fingerprint density at radius 2 is 1.96 bits per heavy atom. The number of fused-ring (bicyclic) bond motifs is 3. The third-order valence-electron chi connectivity index (χ3n) is 4.74. The Bertz CT molecular complexity index is 618. The van der Waals surface area contributed by atoms with Crippen molar-refractivity contribution in [1.29, 1.82) is 0 Å². The molecule has 1 aromatic carbocycles. The van der Waals surface area contributed by atoms with Gasteiger partial charge in [-0.25, -0.2) is 4.79 Å². The van der Waals surface area contributed by atoms with Crippen LogP contribution in [0.3, 0.4) is 0 Å². The Hall–Kier alpha value is -1.71. The van der Waals surface area contributed by atoms with Gasteiger partial charge in [-0.15, -0.1) is 0 Å². The molecule has 1 aliphatic carbocycles. The highest BCUT2D eigenvalue weighted by Crippen LogP contribution is 2.36. The smallest absolute Gasteiger partial charge is 0.410 e. The Kier molecular flexibility index (Phi) is 4.75. The van der Waals surface area contributed by atoms with E-state index < -0.39 is 5.60 Å². The van der Waals surface area contributed by atoms with Crippen molar-refractivity contribution in [3.05, 3.63) is 28.8 Å². The lowest BCUT2D eigenvalue weighted by atomic mass is 9.89. The van der Waals surface area contributed by atoms with E-state index in [1.165, 1.54) is 24.0 Å². The maximum Gasteiger partial charge on any atom is 0.410 e. The van der Waals surface area contributed by atoms with Crippen LogP contribution in [0, 0.1) is 0 Å². The van der Waals surface area contributed by atoms with Crippen LogP contribution < -0.4 is 4.74 Å². The van der Waals surface area contributed by atoms with E-state index in [0.717, 1.165) is 30.6 Å². The van der Waals surface area contributed by atoms with Crippen molar-refractivity contribution in [2.24, 2.45) is 0 Å². The normalized spacial score (nSPS) is 20.5. The molecule has 0 unspecified atom stereocenters. The van der Waals surface area contributed by atoms with E-state index in [2.05, 4.69) is 19.1 Å². The predicted octanol–water partition coefficient (Wildman–Crippen LogP) is 4.47. The molecule has 2 aliphatic rings. The molecular formula is C20H29NO3. The van der Waals surface area contributed by atoms with Gasteiger partial charge in [-0.2, -0.15) is 0 Å². The van der Waals surface area contributed by atoms with Crippen LogP contribution in [0.5, 0.6) is 5.75 Å². The summed E-state index contributed by atoms with van der Waals surface area (Å²) in [6.07, 6.45) is 5.34. The second-order valence-electron chi connectivity index (χ2n) is 7.91. The van der Waals surface area contributed by atoms with Gasteiger partial charge >= 0.3 is 6.09 Å². The molecule has 0 bridgehead atoms. The fraction of sp³-hybridized carbons (Fsp3) is 0.650. The van der Waals surface area contributed by atoms with E-state index in [1.54, 1.807) is 4.90 Å². The van der Waals surface area contributed by atoms with Crippen molar-refractivity contribution < 1.29 is 14.3 Å². The maximum atomic E-state index is 12.6. The van der Waals surface area contributed by atoms with Crippen molar-refractivity contribution in [1.82, 2.24) is 4.90 Å². The van der Waals surface area contributed by atoms with Crippen LogP contribution in [0.4, 0.5) is 4.79 Å². The van der Waals surface area contributed by atoms with E-state index >= 15 is 0 Å². The molecule has 0 N–H and O–H groups in total. The van der Waals surface area contributed by atoms with Gasteiger partial charge in [-0.1, -0.05) is 19.1 Å². The number of hydrogen-bond donors (Lipinski definition) is 0. The molecule has 0 saturated heterocycles. The van der Waals surface area contributed by atoms with Gasteiger partial charge in [0.15, 0.2) is 0 Å². The second-order valence-corrected chi connectivity index (χ2v) is 7.91. The standard InChI is InChI=1S/C20H29NO3/c1-5-16-13-21(19(22)24-20(2,3)4)12-15-11-10-14-8-6-7-9-17(14)18(15)23-16/h10-11,16H,5-9,12-13H2,1-4H3/t16-/m1/s1. The lowest BCUT2D eigenvalue weighted by Gasteiger charge is -2.27. The molecule has 0 aromatic heterocycles. The first-order valence-electron chi connectivity index (χ1n) is 9.15. The molecule has 1 atom stereocenters. The molecule has 0 saturated carbocycles. The number of ether oxygens (including phenoxy) is 2. The molecule has 0 spiro atoms. The molecule has 0 fully saturated rings. The summed E-state index contributed by atoms with van der Waals surface area (Å²) in [7, 11) is 0. The third-order valence-corrected chi connectivity index (χ3v) is 4.74. The average Bonchev–Trinajstić information content (AvgIpc) is 2.72. The van der Waals surface area contributed by atoms with Gasteiger partial charge in [0, 0.05) is 5.56 Å². The molecule has 1 amide bonds. The highest BCUT2D eigenvalue weighted by atomic mass is 16.6. The Balaban J connectivity index is 1.91. The third kappa shape index (κ3) is 3.68. The summed E-state index contributed by atoms with van der Waals surface area (Å²) in [6, 6.07) is 4.35. The number of hydrogen-bond acceptors (Lipinski definition) is 3. The number of rotatable bonds is 1. The fourth-order valence-electron chi connectivity index (χ4n) is 3.51. The van der Waals surface area contributed by atoms with Crippen molar-refractivity contribution in [3.8, 4) is 5.75 Å². The molecule has 132 valence electrons. The van der Waals surface area contributed by atoms with Crippen molar-refractivity contribution in [2.45, 2.75) is 78.0 Å². The van der Waals surface area contributed by atoms with Crippen LogP contribution in [0.25, 0.3) is 0 Å². The summed E-state index contributed by atoms with van der Waals surface area (Å²) in [5.41, 5.74) is 3.41. The summed E-state index contributed by atoms with van der Waals surface area (Å²) in [6.45, 7) is 8.96. The molecule has 0 radical (unpaired) electrons. The van der Waals surface area contributed by atoms with Gasteiger partial charge < -0.3 is 14.4 Å². The van der Waals surface area contributed by atoms with Crippen LogP contribution in [0.1, 0.15) is 63.6 Å². The summed E-state index contributed by atoms with van der Waals surface area (Å²) in [4.78, 5) is 14.4. The molecular weight excluding hydrogens is 302 g/mol. The highest BCUT2D eigenvalue weighted by Gasteiger charge is 2.30. The van der Waals surface area contributed by atoms with Crippen LogP contribution in [-0.2, 0) is 24.1 Å². The fourth-order valence-corrected chi connectivity index (χ4v) is 3.51. The maximum absolute atomic E-state index is 12.6. The summed E-state index contributed by atoms with van der Waals surface area (Å²) < 4.78 is 12.0. The summed E-state index contributed by atoms with van der Waals surface area (Å²) >= 11 is 0. The number of aryl methyl sites for hydroxylation is 1. The molecule has 1 aliphatic heterocycles.